The van der Waals surface area contributed by atoms with Crippen molar-refractivity contribution in [2.75, 3.05) is 14.1 Å². The van der Waals surface area contributed by atoms with Gasteiger partial charge >= 0.3 is 5.76 Å². The summed E-state index contributed by atoms with van der Waals surface area (Å²) in [5.41, 5.74) is 0. The van der Waals surface area contributed by atoms with E-state index in [1.807, 2.05) is 0 Å². The third kappa shape index (κ3) is 5.34. The molecule has 1 amide bonds. The molecule has 0 fully saturated rings. The Morgan fingerprint density at radius 1 is 1.35 bits per heavy atom. The normalized spacial score (nSPS) is 10.4. The van der Waals surface area contributed by atoms with E-state index in [-0.39, 0.29) is 0 Å². The Balaban J connectivity index is 0.000000437. The first-order valence-corrected chi connectivity index (χ1v) is 5.91. The highest BCUT2D eigenvalue weighted by atomic mass is 32.2. The number of hydrogen-bond donors (Lipinski definition) is 0. The highest BCUT2D eigenvalue weighted by Gasteiger charge is 2.27. The molecule has 1 aromatic rings. The molecule has 0 saturated heterocycles. The summed E-state index contributed by atoms with van der Waals surface area (Å²) in [5.74, 6) is -3.41. The van der Waals surface area contributed by atoms with Crippen LogP contribution in [0.25, 0.3) is 0 Å². The lowest BCUT2D eigenvalue weighted by Gasteiger charge is -1.99. The molecule has 0 saturated carbocycles. The second kappa shape index (κ2) is 6.89. The van der Waals surface area contributed by atoms with Gasteiger partial charge in [-0.1, -0.05) is 6.07 Å². The second-order valence-electron chi connectivity index (χ2n) is 3.04. The van der Waals surface area contributed by atoms with Gasteiger partial charge in [0.05, 0.1) is 0 Å². The highest BCUT2D eigenvalue weighted by Crippen LogP contribution is 2.14. The zero-order valence-corrected chi connectivity index (χ0v) is 10.1. The van der Waals surface area contributed by atoms with E-state index in [0.717, 1.165) is 18.7 Å². The lowest BCUT2D eigenvalue weighted by molar-refractivity contribution is -0.115. The number of pyridine rings is 1. The molecule has 0 N–H and O–H groups in total. The van der Waals surface area contributed by atoms with Crippen molar-refractivity contribution >= 4 is 16.2 Å². The van der Waals surface area contributed by atoms with E-state index < -0.39 is 20.6 Å². The van der Waals surface area contributed by atoms with E-state index in [1.165, 1.54) is 17.0 Å². The lowest BCUT2D eigenvalue weighted by atomic mass is 10.5. The maximum atomic E-state index is 11.9. The minimum Gasteiger partial charge on any atom is -0.351 e. The molecule has 1 heterocycles. The maximum Gasteiger partial charge on any atom is 0.342 e. The fourth-order valence-corrected chi connectivity index (χ4v) is 1.27. The minimum absolute atomic E-state index is 0.597. The van der Waals surface area contributed by atoms with E-state index in [0.29, 0.717) is 0 Å². The van der Waals surface area contributed by atoms with E-state index >= 15 is 0 Å². The van der Waals surface area contributed by atoms with Crippen LogP contribution in [0.15, 0.2) is 29.4 Å². The van der Waals surface area contributed by atoms with Crippen molar-refractivity contribution in [1.82, 2.24) is 9.88 Å². The molecule has 96 valence electrons. The molecule has 1 rings (SSSR count). The van der Waals surface area contributed by atoms with Gasteiger partial charge in [0, 0.05) is 20.3 Å². The molecule has 0 bridgehead atoms. The number of carbonyl (C=O) groups excluding carboxylic acids is 1. The molecule has 0 aliphatic carbocycles. The molecule has 8 heteroatoms. The van der Waals surface area contributed by atoms with Gasteiger partial charge in [0.25, 0.3) is 9.84 Å². The first-order valence-electron chi connectivity index (χ1n) is 4.37. The molecular weight excluding hydrogens is 254 g/mol. The zero-order chi connectivity index (χ0) is 13.5. The van der Waals surface area contributed by atoms with Crippen LogP contribution < -0.4 is 0 Å². The summed E-state index contributed by atoms with van der Waals surface area (Å²) in [5, 5.41) is -0.597. The number of aromatic nitrogens is 1. The van der Waals surface area contributed by atoms with E-state index in [2.05, 4.69) is 4.98 Å². The summed E-state index contributed by atoms with van der Waals surface area (Å²) in [7, 11) is -1.15. The Morgan fingerprint density at radius 2 is 1.88 bits per heavy atom. The number of sulfone groups is 1. The summed E-state index contributed by atoms with van der Waals surface area (Å²) < 4.78 is 45.2. The van der Waals surface area contributed by atoms with Crippen molar-refractivity contribution in [2.24, 2.45) is 0 Å². The number of rotatable bonds is 3. The summed E-state index contributed by atoms with van der Waals surface area (Å²) in [6, 6.07) is 3.81. The average Bonchev–Trinajstić information content (AvgIpc) is 2.30. The molecule has 0 aliphatic rings. The molecule has 5 nitrogen and oxygen atoms in total. The van der Waals surface area contributed by atoms with Gasteiger partial charge in [-0.3, -0.25) is 4.79 Å². The Bertz CT molecular complexity index is 435. The van der Waals surface area contributed by atoms with Crippen molar-refractivity contribution < 1.29 is 22.0 Å². The van der Waals surface area contributed by atoms with Gasteiger partial charge in [-0.05, 0) is 12.1 Å². The van der Waals surface area contributed by atoms with Crippen molar-refractivity contribution in [3.63, 3.8) is 0 Å². The molecule has 0 atom stereocenters. The van der Waals surface area contributed by atoms with Crippen LogP contribution in [0.3, 0.4) is 0 Å². The topological polar surface area (TPSA) is 67.3 Å². The van der Waals surface area contributed by atoms with Gasteiger partial charge in [-0.15, -0.1) is 0 Å². The van der Waals surface area contributed by atoms with E-state index in [9.17, 15) is 22.0 Å². The number of hydrogen-bond acceptors (Lipinski definition) is 4. The number of alkyl halides is 2. The van der Waals surface area contributed by atoms with Crippen LogP contribution in [0.4, 0.5) is 8.78 Å². The van der Waals surface area contributed by atoms with Gasteiger partial charge in [0.15, 0.2) is 5.03 Å². The Morgan fingerprint density at radius 3 is 2.18 bits per heavy atom. The average molecular weight is 266 g/mol. The Hall–Kier alpha value is -1.57. The van der Waals surface area contributed by atoms with Crippen LogP contribution in [0.2, 0.25) is 0 Å². The van der Waals surface area contributed by atoms with Crippen LogP contribution >= 0.6 is 0 Å². The third-order valence-corrected chi connectivity index (χ3v) is 2.67. The first kappa shape index (κ1) is 15.4. The number of halogens is 2. The van der Waals surface area contributed by atoms with Crippen molar-refractivity contribution in [3.05, 3.63) is 24.4 Å². The largest absolute Gasteiger partial charge is 0.351 e. The molecule has 0 spiro atoms. The fraction of sp³-hybridized carbons (Fsp3) is 0.333. The van der Waals surface area contributed by atoms with Crippen molar-refractivity contribution in [2.45, 2.75) is 10.8 Å². The molecular formula is C9H12F2N2O3S. The number of amides is 1. The number of carbonyl (C=O) groups is 1. The van der Waals surface area contributed by atoms with Crippen LogP contribution in [0.1, 0.15) is 0 Å². The van der Waals surface area contributed by atoms with Crippen LogP contribution in [-0.4, -0.2) is 44.6 Å². The standard InChI is InChI=1S/C6H5F2NO2S.C3H7NO/c7-6(8)12(10,11)5-3-1-2-4-9-5;1-4(2)3-5/h1-4,6H;3H,1-2H3. The summed E-state index contributed by atoms with van der Waals surface area (Å²) in [4.78, 5) is 14.2. The molecule has 0 unspecified atom stereocenters. The summed E-state index contributed by atoms with van der Waals surface area (Å²) in [6.45, 7) is 0. The zero-order valence-electron chi connectivity index (χ0n) is 9.25. The Kier molecular flexibility index (Phi) is 6.26. The lowest BCUT2D eigenvalue weighted by Crippen LogP contribution is -2.12. The van der Waals surface area contributed by atoms with Crippen LogP contribution in [0.5, 0.6) is 0 Å². The smallest absolute Gasteiger partial charge is 0.342 e. The maximum absolute atomic E-state index is 11.9. The van der Waals surface area contributed by atoms with Gasteiger partial charge in [0.2, 0.25) is 6.41 Å². The summed E-state index contributed by atoms with van der Waals surface area (Å²) >= 11 is 0. The first-order chi connectivity index (χ1) is 7.82. The quantitative estimate of drug-likeness (QED) is 0.758. The molecule has 0 aliphatic heterocycles. The van der Waals surface area contributed by atoms with Gasteiger partial charge < -0.3 is 4.90 Å². The van der Waals surface area contributed by atoms with Crippen molar-refractivity contribution in [3.8, 4) is 0 Å². The summed E-state index contributed by atoms with van der Waals surface area (Å²) in [6.07, 6.45) is 1.90. The monoisotopic (exact) mass is 266 g/mol. The minimum atomic E-state index is -4.52. The van der Waals surface area contributed by atoms with E-state index in [4.69, 9.17) is 0 Å². The molecule has 0 aromatic carbocycles. The van der Waals surface area contributed by atoms with Crippen LogP contribution in [0, 0.1) is 0 Å². The molecule has 1 aromatic heterocycles. The Labute approximate surface area is 98.0 Å². The second-order valence-corrected chi connectivity index (χ2v) is 4.91. The van der Waals surface area contributed by atoms with Crippen LogP contribution in [-0.2, 0) is 14.6 Å². The molecule has 17 heavy (non-hydrogen) atoms. The van der Waals surface area contributed by atoms with Crippen molar-refractivity contribution in [1.29, 1.82) is 0 Å². The number of nitrogens with zero attached hydrogens (tertiary/aromatic N) is 2. The fourth-order valence-electron chi connectivity index (χ4n) is 0.607. The highest BCUT2D eigenvalue weighted by molar-refractivity contribution is 7.91. The van der Waals surface area contributed by atoms with E-state index in [1.54, 1.807) is 14.1 Å². The predicted octanol–water partition coefficient (Wildman–Crippen LogP) is 0.782. The third-order valence-electron chi connectivity index (χ3n) is 1.37. The van der Waals surface area contributed by atoms with Gasteiger partial charge in [-0.2, -0.15) is 8.78 Å². The predicted molar refractivity (Wildman–Crippen MR) is 57.2 cm³/mol. The van der Waals surface area contributed by atoms with Gasteiger partial charge in [0.1, 0.15) is 0 Å². The molecule has 0 radical (unpaired) electrons. The van der Waals surface area contributed by atoms with Gasteiger partial charge in [-0.25, -0.2) is 13.4 Å². The SMILES string of the molecule is CN(C)C=O.O=S(=O)(c1ccccn1)C(F)F.